The molecule has 3 aliphatic rings. The lowest BCUT2D eigenvalue weighted by atomic mass is 9.37. The summed E-state index contributed by atoms with van der Waals surface area (Å²) in [6, 6.07) is 41.0. The zero-order valence-electron chi connectivity index (χ0n) is 22.4. The maximum Gasteiger partial charge on any atom is 0.304 e. The van der Waals surface area contributed by atoms with E-state index in [1.807, 2.05) is 0 Å². The number of rotatable bonds is 1. The number of hydrogen-bond acceptors (Lipinski definition) is 1. The van der Waals surface area contributed by atoms with Gasteiger partial charge in [0.25, 0.3) is 0 Å². The predicted octanol–water partition coefficient (Wildman–Crippen LogP) is 8.51. The Morgan fingerprint density at radius 1 is 0.500 bits per heavy atom. The van der Waals surface area contributed by atoms with E-state index in [4.69, 9.17) is 0 Å². The van der Waals surface area contributed by atoms with Gasteiger partial charge in [-0.25, -0.2) is 0 Å². The zero-order chi connectivity index (χ0) is 25.8. The van der Waals surface area contributed by atoms with Crippen LogP contribution in [-0.4, -0.2) is 6.85 Å². The quantitative estimate of drug-likeness (QED) is 0.214. The average Bonchev–Trinajstić information content (AvgIpc) is 3.33. The average molecular weight is 487 g/mol. The highest BCUT2D eigenvalue weighted by molar-refractivity contribution is 6.84. The van der Waals surface area contributed by atoms with E-state index in [-0.39, 0.29) is 17.6 Å². The summed E-state index contributed by atoms with van der Waals surface area (Å²) >= 11 is 0. The first kappa shape index (κ1) is 22.0. The fraction of sp³-hybridized carbons (Fsp3) is 0.167. The molecule has 0 saturated heterocycles. The van der Waals surface area contributed by atoms with Crippen LogP contribution in [0, 0.1) is 0 Å². The molecule has 0 spiro atoms. The van der Waals surface area contributed by atoms with Gasteiger partial charge in [-0.15, -0.1) is 0 Å². The largest absolute Gasteiger partial charge is 0.380 e. The molecule has 5 aromatic rings. The van der Waals surface area contributed by atoms with Gasteiger partial charge in [0, 0.05) is 22.4 Å². The second-order valence-electron chi connectivity index (χ2n) is 12.3. The Bertz CT molecular complexity index is 1790. The molecule has 2 heteroatoms. The lowest BCUT2D eigenvalue weighted by molar-refractivity contribution is 0.660. The molecule has 0 saturated carbocycles. The first-order valence-electron chi connectivity index (χ1n) is 13.7. The molecule has 0 atom stereocenters. The molecule has 0 bridgehead atoms. The molecule has 0 amide bonds. The van der Waals surface area contributed by atoms with Crippen molar-refractivity contribution < 1.29 is 0 Å². The number of fused-ring (bicyclic) bond motifs is 11. The second-order valence-corrected chi connectivity index (χ2v) is 12.3. The van der Waals surface area contributed by atoms with Crippen LogP contribution in [-0.2, 0) is 10.7 Å². The van der Waals surface area contributed by atoms with E-state index in [0.717, 1.165) is 0 Å². The minimum Gasteiger partial charge on any atom is -0.380 e. The fourth-order valence-electron chi connectivity index (χ4n) is 7.62. The van der Waals surface area contributed by atoms with Crippen LogP contribution in [0.15, 0.2) is 109 Å². The van der Waals surface area contributed by atoms with Crippen molar-refractivity contribution in [3.63, 3.8) is 0 Å². The lowest BCUT2D eigenvalue weighted by Crippen LogP contribution is -2.55. The minimum atomic E-state index is -0.0405. The van der Waals surface area contributed by atoms with Crippen LogP contribution >= 0.6 is 0 Å². The van der Waals surface area contributed by atoms with E-state index in [0.29, 0.717) is 0 Å². The normalized spacial score (nSPS) is 16.7. The highest BCUT2D eigenvalue weighted by atomic mass is 15.1. The molecule has 0 aromatic heterocycles. The van der Waals surface area contributed by atoms with Gasteiger partial charge in [0.05, 0.1) is 0 Å². The van der Waals surface area contributed by atoms with Crippen molar-refractivity contribution in [3.05, 3.63) is 126 Å². The van der Waals surface area contributed by atoms with Crippen molar-refractivity contribution in [2.45, 2.75) is 38.4 Å². The number of benzene rings is 5. The maximum absolute atomic E-state index is 2.60. The summed E-state index contributed by atoms with van der Waals surface area (Å²) in [5, 5.41) is -0.0405. The first-order valence-corrected chi connectivity index (χ1v) is 13.7. The number of hydrogen-bond donors (Lipinski definition) is 0. The monoisotopic (exact) mass is 487 g/mol. The molecule has 0 unspecified atom stereocenters. The van der Waals surface area contributed by atoms with Crippen LogP contribution in [0.5, 0.6) is 0 Å². The Morgan fingerprint density at radius 2 is 1.11 bits per heavy atom. The van der Waals surface area contributed by atoms with E-state index < -0.39 is 0 Å². The first-order chi connectivity index (χ1) is 18.4. The molecular weight excluding hydrogens is 457 g/mol. The van der Waals surface area contributed by atoms with Gasteiger partial charge in [0.2, 0.25) is 0 Å². The summed E-state index contributed by atoms with van der Waals surface area (Å²) in [5.41, 5.74) is 16.4. The van der Waals surface area contributed by atoms with Gasteiger partial charge < -0.3 is 4.81 Å². The third-order valence-electron chi connectivity index (χ3n) is 9.52. The van der Waals surface area contributed by atoms with Crippen molar-refractivity contribution in [1.82, 2.24) is 0 Å². The van der Waals surface area contributed by atoms with Crippen molar-refractivity contribution >= 4 is 23.7 Å². The SMILES string of the molecule is CC1(C)B2c3ccccc3-c3ccccc3N2c2ccc(-c3ccc4c(c3)C(C)(C)c3ccccc3-4)cc21. The zero-order valence-corrected chi connectivity index (χ0v) is 22.4. The van der Waals surface area contributed by atoms with E-state index >= 15 is 0 Å². The number of nitrogens with zero attached hydrogens (tertiary/aromatic N) is 1. The molecule has 1 aliphatic carbocycles. The summed E-state index contributed by atoms with van der Waals surface area (Å²) in [6.07, 6.45) is 0. The number of anilines is 2. The highest BCUT2D eigenvalue weighted by Crippen LogP contribution is 2.53. The van der Waals surface area contributed by atoms with Crippen LogP contribution in [0.25, 0.3) is 33.4 Å². The Kier molecular flexibility index (Phi) is 4.22. The summed E-state index contributed by atoms with van der Waals surface area (Å²) in [4.78, 5) is 2.60. The van der Waals surface area contributed by atoms with Gasteiger partial charge in [0.15, 0.2) is 0 Å². The highest BCUT2D eigenvalue weighted by Gasteiger charge is 2.52. The van der Waals surface area contributed by atoms with Gasteiger partial charge in [0.1, 0.15) is 0 Å². The van der Waals surface area contributed by atoms with Crippen molar-refractivity contribution in [1.29, 1.82) is 0 Å². The predicted molar refractivity (Wildman–Crippen MR) is 162 cm³/mol. The topological polar surface area (TPSA) is 3.24 Å². The molecule has 0 N–H and O–H groups in total. The minimum absolute atomic E-state index is 0.00595. The van der Waals surface area contributed by atoms with Crippen LogP contribution in [0.2, 0.25) is 0 Å². The second kappa shape index (κ2) is 7.29. The van der Waals surface area contributed by atoms with Crippen LogP contribution in [0.4, 0.5) is 11.4 Å². The Morgan fingerprint density at radius 3 is 1.92 bits per heavy atom. The van der Waals surface area contributed by atoms with E-state index in [1.165, 1.54) is 66.9 Å². The van der Waals surface area contributed by atoms with Gasteiger partial charge in [-0.1, -0.05) is 113 Å². The molecule has 38 heavy (non-hydrogen) atoms. The Balaban J connectivity index is 1.29. The van der Waals surface area contributed by atoms with Gasteiger partial charge >= 0.3 is 6.85 Å². The molecule has 0 fully saturated rings. The molecule has 8 rings (SSSR count). The van der Waals surface area contributed by atoms with Crippen LogP contribution in [0.3, 0.4) is 0 Å². The standard InChI is InChI=1S/C36H30BN/c1-35(2)29-14-8-5-11-25(29)26-19-17-23(21-30(26)35)24-18-20-34-31(22-24)36(3,4)37-32-15-9-6-12-27(32)28-13-7-10-16-33(28)38(34)37/h5-22H,1-4H3. The molecule has 2 heterocycles. The molecule has 1 nitrogen and oxygen atoms in total. The smallest absolute Gasteiger partial charge is 0.304 e. The van der Waals surface area contributed by atoms with Crippen LogP contribution < -0.4 is 10.3 Å². The van der Waals surface area contributed by atoms with Gasteiger partial charge in [-0.3, -0.25) is 0 Å². The van der Waals surface area contributed by atoms with E-state index in [1.54, 1.807) is 0 Å². The molecule has 2 aliphatic heterocycles. The summed E-state index contributed by atoms with van der Waals surface area (Å²) in [7, 11) is 0. The third kappa shape index (κ3) is 2.68. The molecule has 0 radical (unpaired) electrons. The maximum atomic E-state index is 2.60. The summed E-state index contributed by atoms with van der Waals surface area (Å²) < 4.78 is 0. The molecule has 5 aromatic carbocycles. The Hall–Kier alpha value is -4.04. The Labute approximate surface area is 225 Å². The molecule has 182 valence electrons. The van der Waals surface area contributed by atoms with Crippen molar-refractivity contribution in [3.8, 4) is 33.4 Å². The van der Waals surface area contributed by atoms with Crippen LogP contribution in [0.1, 0.15) is 44.4 Å². The van der Waals surface area contributed by atoms with Crippen molar-refractivity contribution in [2.24, 2.45) is 0 Å². The fourth-order valence-corrected chi connectivity index (χ4v) is 7.62. The van der Waals surface area contributed by atoms with Crippen molar-refractivity contribution in [2.75, 3.05) is 4.81 Å². The third-order valence-corrected chi connectivity index (χ3v) is 9.52. The van der Waals surface area contributed by atoms with E-state index in [2.05, 4.69) is 142 Å². The van der Waals surface area contributed by atoms with Gasteiger partial charge in [-0.05, 0) is 79.6 Å². The summed E-state index contributed by atoms with van der Waals surface area (Å²) in [5.74, 6) is 0. The lowest BCUT2D eigenvalue weighted by Gasteiger charge is -2.38. The van der Waals surface area contributed by atoms with Gasteiger partial charge in [-0.2, -0.15) is 0 Å². The van der Waals surface area contributed by atoms with E-state index in [9.17, 15) is 0 Å². The number of para-hydroxylation sites is 1. The summed E-state index contributed by atoms with van der Waals surface area (Å²) in [6.45, 7) is 9.84. The molecular formula is C36H30BN.